The molecule has 0 bridgehead atoms. The number of hydrogen-bond acceptors (Lipinski definition) is 7. The summed E-state index contributed by atoms with van der Waals surface area (Å²) in [5, 5.41) is 5.99. The largest absolute Gasteiger partial charge is 0.382 e. The van der Waals surface area contributed by atoms with Crippen molar-refractivity contribution < 1.29 is 13.6 Å². The molecule has 4 heterocycles. The van der Waals surface area contributed by atoms with Crippen LogP contribution < -0.4 is 21.3 Å². The molecular formula is C24H26F2N8O. The SMILES string of the molecule is Nc1nc(N2CCC3(CC2)Cc2ccccc2[C@H]3N)cnc1C(=O)N1CCC(F)(F)c2[nH]ncc21. The van der Waals surface area contributed by atoms with Crippen LogP contribution in [0.5, 0.6) is 0 Å². The van der Waals surface area contributed by atoms with E-state index in [2.05, 4.69) is 43.3 Å². The Morgan fingerprint density at radius 1 is 1.11 bits per heavy atom. The number of carbonyl (C=O) groups excluding carboxylic acids is 1. The molecule has 35 heavy (non-hydrogen) atoms. The number of rotatable bonds is 2. The van der Waals surface area contributed by atoms with Crippen LogP contribution in [0.25, 0.3) is 0 Å². The lowest BCUT2D eigenvalue weighted by Crippen LogP contribution is -2.44. The zero-order valence-corrected chi connectivity index (χ0v) is 19.0. The molecule has 1 atom stereocenters. The van der Waals surface area contributed by atoms with Crippen LogP contribution in [0.2, 0.25) is 0 Å². The third kappa shape index (κ3) is 3.36. The number of nitrogens with zero attached hydrogens (tertiary/aromatic N) is 5. The third-order valence-corrected chi connectivity index (χ3v) is 7.84. The van der Waals surface area contributed by atoms with Crippen LogP contribution in [0.15, 0.2) is 36.7 Å². The summed E-state index contributed by atoms with van der Waals surface area (Å²) in [4.78, 5) is 25.2. The van der Waals surface area contributed by atoms with Gasteiger partial charge in [0.15, 0.2) is 11.5 Å². The number of nitrogens with two attached hydrogens (primary N) is 2. The maximum Gasteiger partial charge on any atom is 0.292 e. The maximum atomic E-state index is 14.1. The van der Waals surface area contributed by atoms with Gasteiger partial charge >= 0.3 is 0 Å². The van der Waals surface area contributed by atoms with E-state index in [-0.39, 0.29) is 40.9 Å². The van der Waals surface area contributed by atoms with Crippen LogP contribution >= 0.6 is 0 Å². The molecule has 9 nitrogen and oxygen atoms in total. The van der Waals surface area contributed by atoms with Gasteiger partial charge in [-0.15, -0.1) is 0 Å². The van der Waals surface area contributed by atoms with E-state index in [0.29, 0.717) is 5.82 Å². The van der Waals surface area contributed by atoms with Crippen molar-refractivity contribution in [3.05, 3.63) is 59.2 Å². The van der Waals surface area contributed by atoms with Crippen LogP contribution in [0, 0.1) is 5.41 Å². The summed E-state index contributed by atoms with van der Waals surface area (Å²) in [7, 11) is 0. The number of alkyl halides is 2. The summed E-state index contributed by atoms with van der Waals surface area (Å²) in [5.74, 6) is -3.09. The van der Waals surface area contributed by atoms with Gasteiger partial charge in [0.25, 0.3) is 11.8 Å². The Bertz CT molecular complexity index is 1300. The second-order valence-electron chi connectivity index (χ2n) is 9.71. The molecule has 1 aromatic carbocycles. The van der Waals surface area contributed by atoms with Gasteiger partial charge in [-0.2, -0.15) is 13.9 Å². The van der Waals surface area contributed by atoms with Crippen LogP contribution in [-0.4, -0.2) is 45.7 Å². The number of hydrogen-bond donors (Lipinski definition) is 3. The molecule has 1 saturated heterocycles. The van der Waals surface area contributed by atoms with E-state index >= 15 is 0 Å². The van der Waals surface area contributed by atoms with E-state index in [9.17, 15) is 13.6 Å². The highest BCUT2D eigenvalue weighted by Gasteiger charge is 2.46. The number of nitrogens with one attached hydrogen (secondary N) is 1. The van der Waals surface area contributed by atoms with Crippen molar-refractivity contribution in [3.8, 4) is 0 Å². The van der Waals surface area contributed by atoms with E-state index in [1.54, 1.807) is 0 Å². The van der Waals surface area contributed by atoms with E-state index in [0.717, 1.165) is 32.4 Å². The van der Waals surface area contributed by atoms with Crippen molar-refractivity contribution >= 4 is 23.2 Å². The summed E-state index contributed by atoms with van der Waals surface area (Å²) in [6, 6.07) is 8.40. The van der Waals surface area contributed by atoms with Crippen LogP contribution in [0.3, 0.4) is 0 Å². The first-order valence-corrected chi connectivity index (χ1v) is 11.7. The molecule has 2 aliphatic heterocycles. The molecule has 0 unspecified atom stereocenters. The molecule has 1 fully saturated rings. The van der Waals surface area contributed by atoms with E-state index < -0.39 is 18.3 Å². The van der Waals surface area contributed by atoms with Crippen molar-refractivity contribution in [1.82, 2.24) is 20.2 Å². The minimum atomic E-state index is -3.07. The number of fused-ring (bicyclic) bond motifs is 2. The predicted molar refractivity (Wildman–Crippen MR) is 126 cm³/mol. The van der Waals surface area contributed by atoms with Gasteiger partial charge in [-0.25, -0.2) is 9.97 Å². The smallest absolute Gasteiger partial charge is 0.292 e. The second kappa shape index (κ2) is 7.70. The number of piperidine rings is 1. The summed E-state index contributed by atoms with van der Waals surface area (Å²) in [5.41, 5.74) is 15.0. The van der Waals surface area contributed by atoms with E-state index in [1.807, 2.05) is 6.07 Å². The van der Waals surface area contributed by atoms with Gasteiger partial charge in [0.05, 0.1) is 18.1 Å². The zero-order valence-electron chi connectivity index (χ0n) is 19.0. The molecule has 182 valence electrons. The van der Waals surface area contributed by atoms with Gasteiger partial charge in [0, 0.05) is 32.1 Å². The lowest BCUT2D eigenvalue weighted by atomic mass is 9.73. The maximum absolute atomic E-state index is 14.1. The normalized spacial score (nSPS) is 22.2. The quantitative estimate of drug-likeness (QED) is 0.514. The molecule has 3 aromatic rings. The Balaban J connectivity index is 1.18. The summed E-state index contributed by atoms with van der Waals surface area (Å²) in [6.07, 6.45) is 5.03. The minimum Gasteiger partial charge on any atom is -0.382 e. The lowest BCUT2D eigenvalue weighted by molar-refractivity contribution is -0.0190. The number of benzene rings is 1. The molecule has 2 aromatic heterocycles. The van der Waals surface area contributed by atoms with Crippen LogP contribution in [-0.2, 0) is 12.3 Å². The van der Waals surface area contributed by atoms with Gasteiger partial charge in [0.2, 0.25) is 0 Å². The highest BCUT2D eigenvalue weighted by molar-refractivity contribution is 6.08. The number of carbonyl (C=O) groups is 1. The minimum absolute atomic E-state index is 0.0155. The first-order chi connectivity index (χ1) is 16.8. The van der Waals surface area contributed by atoms with Crippen molar-refractivity contribution in [2.24, 2.45) is 11.1 Å². The first-order valence-electron chi connectivity index (χ1n) is 11.7. The van der Waals surface area contributed by atoms with Gasteiger partial charge in [0.1, 0.15) is 11.5 Å². The summed E-state index contributed by atoms with van der Waals surface area (Å²) < 4.78 is 28.3. The van der Waals surface area contributed by atoms with Gasteiger partial charge in [-0.05, 0) is 35.8 Å². The van der Waals surface area contributed by atoms with Gasteiger partial charge in [-0.3, -0.25) is 9.89 Å². The Kier molecular flexibility index (Phi) is 4.82. The molecule has 3 aliphatic rings. The van der Waals surface area contributed by atoms with E-state index in [4.69, 9.17) is 11.5 Å². The van der Waals surface area contributed by atoms with Crippen LogP contribution in [0.4, 0.5) is 26.1 Å². The molecule has 1 aliphatic carbocycles. The fourth-order valence-corrected chi connectivity index (χ4v) is 5.79. The number of nitrogen functional groups attached to an aromatic ring is 1. The average molecular weight is 481 g/mol. The summed E-state index contributed by atoms with van der Waals surface area (Å²) in [6.45, 7) is 1.34. The fourth-order valence-electron chi connectivity index (χ4n) is 5.79. The number of halogens is 2. The third-order valence-electron chi connectivity index (χ3n) is 7.84. The van der Waals surface area contributed by atoms with Crippen molar-refractivity contribution in [1.29, 1.82) is 0 Å². The number of aromatic amines is 1. The lowest BCUT2D eigenvalue weighted by Gasteiger charge is -2.42. The van der Waals surface area contributed by atoms with Crippen molar-refractivity contribution in [2.45, 2.75) is 37.6 Å². The molecule has 0 saturated carbocycles. The molecule has 6 rings (SSSR count). The Labute approximate surface area is 200 Å². The molecule has 1 amide bonds. The highest BCUT2D eigenvalue weighted by atomic mass is 19.3. The van der Waals surface area contributed by atoms with E-state index in [1.165, 1.54) is 28.4 Å². The Morgan fingerprint density at radius 3 is 2.63 bits per heavy atom. The van der Waals surface area contributed by atoms with Crippen molar-refractivity contribution in [3.63, 3.8) is 0 Å². The Hall–Kier alpha value is -3.60. The van der Waals surface area contributed by atoms with Crippen LogP contribution in [0.1, 0.15) is 52.6 Å². The zero-order chi connectivity index (χ0) is 24.4. The monoisotopic (exact) mass is 480 g/mol. The standard InChI is InChI=1S/C24H26F2N8O/c25-24(26)7-10-34(16-12-30-32-20(16)24)22(35)18-21(28)31-17(13-29-18)33-8-5-23(6-9-33)11-14-3-1-2-4-15(14)19(23)27/h1-4,12-13,19H,5-11,27H2,(H2,28,31)(H,30,32)/t19-/m1/s1. The van der Waals surface area contributed by atoms with Gasteiger partial charge in [-0.1, -0.05) is 24.3 Å². The fraction of sp³-hybridized carbons (Fsp3) is 0.417. The molecule has 1 spiro atoms. The number of amides is 1. The number of aromatic nitrogens is 4. The molecule has 5 N–H and O–H groups in total. The number of anilines is 3. The number of H-pyrrole nitrogens is 1. The highest BCUT2D eigenvalue weighted by Crippen LogP contribution is 2.51. The predicted octanol–water partition coefficient (Wildman–Crippen LogP) is 2.77. The van der Waals surface area contributed by atoms with Gasteiger partial charge < -0.3 is 21.3 Å². The molecular weight excluding hydrogens is 454 g/mol. The topological polar surface area (TPSA) is 130 Å². The van der Waals surface area contributed by atoms with Crippen molar-refractivity contribution in [2.75, 3.05) is 35.2 Å². The first kappa shape index (κ1) is 21.9. The second-order valence-corrected chi connectivity index (χ2v) is 9.71. The molecule has 11 heteroatoms. The molecule has 0 radical (unpaired) electrons. The Morgan fingerprint density at radius 2 is 1.89 bits per heavy atom. The summed E-state index contributed by atoms with van der Waals surface area (Å²) >= 11 is 0. The average Bonchev–Trinajstić information content (AvgIpc) is 3.44.